The van der Waals surface area contributed by atoms with Gasteiger partial charge in [-0.25, -0.2) is 14.2 Å². The Kier molecular flexibility index (Phi) is 8.16. The summed E-state index contributed by atoms with van der Waals surface area (Å²) in [5.41, 5.74) is 3.30. The minimum atomic E-state index is -1.28. The Morgan fingerprint density at radius 3 is 2.58 bits per heavy atom. The maximum Gasteiger partial charge on any atom is 0.335 e. The summed E-state index contributed by atoms with van der Waals surface area (Å²) in [6, 6.07) is 15.6. The number of fused-ring (bicyclic) bond motifs is 2. The summed E-state index contributed by atoms with van der Waals surface area (Å²) in [6.45, 7) is 8.96. The Hall–Kier alpha value is -3.70. The van der Waals surface area contributed by atoms with E-state index in [4.69, 9.17) is 30.8 Å². The summed E-state index contributed by atoms with van der Waals surface area (Å²) < 4.78 is 35.1. The Morgan fingerprint density at radius 1 is 1.02 bits per heavy atom. The number of carbonyl (C=O) groups is 1. The number of rotatable bonds is 8. The van der Waals surface area contributed by atoms with Crippen LogP contribution in [0.2, 0.25) is 5.02 Å². The second-order valence-corrected chi connectivity index (χ2v) is 12.6. The Labute approximate surface area is 266 Å². The van der Waals surface area contributed by atoms with Crippen molar-refractivity contribution >= 4 is 28.6 Å². The molecule has 1 aromatic heterocycles. The SMILES string of the molecule is C[C@@]1(c2ccc(Cl)cc2F)Oc2cccc(C3CCN(Cc4nc5ccc(C(=O)O)cc5n4CCN4CCOCC4)CC3)c2O1. The van der Waals surface area contributed by atoms with Crippen molar-refractivity contribution in [2.24, 2.45) is 0 Å². The summed E-state index contributed by atoms with van der Waals surface area (Å²) in [5, 5.41) is 9.94. The summed E-state index contributed by atoms with van der Waals surface area (Å²) in [6.07, 6.45) is 1.84. The van der Waals surface area contributed by atoms with Crippen molar-refractivity contribution < 1.29 is 28.5 Å². The first kappa shape index (κ1) is 30.0. The third kappa shape index (κ3) is 6.00. The monoisotopic (exact) mass is 634 g/mol. The minimum absolute atomic E-state index is 0.260. The van der Waals surface area contributed by atoms with Crippen molar-refractivity contribution in [1.82, 2.24) is 19.4 Å². The molecule has 1 atom stereocenters. The number of carboxylic acid groups (broad SMARTS) is 1. The number of aromatic carboxylic acids is 1. The van der Waals surface area contributed by atoms with Gasteiger partial charge in [0.2, 0.25) is 0 Å². The van der Waals surface area contributed by atoms with Gasteiger partial charge >= 0.3 is 5.97 Å². The molecule has 236 valence electrons. The number of carboxylic acids is 1. The van der Waals surface area contributed by atoms with Crippen molar-refractivity contribution in [2.75, 3.05) is 45.9 Å². The van der Waals surface area contributed by atoms with Crippen LogP contribution in [-0.4, -0.2) is 76.4 Å². The number of imidazole rings is 1. The van der Waals surface area contributed by atoms with E-state index in [1.165, 1.54) is 6.07 Å². The van der Waals surface area contributed by atoms with Crippen LogP contribution in [0.4, 0.5) is 4.39 Å². The molecule has 9 nitrogen and oxygen atoms in total. The normalized spacial score (nSPS) is 21.0. The highest BCUT2D eigenvalue weighted by Crippen LogP contribution is 2.49. The topological polar surface area (TPSA) is 89.3 Å². The van der Waals surface area contributed by atoms with E-state index in [0.717, 1.165) is 87.7 Å². The molecular formula is C34H36ClFN4O5. The number of hydrogen-bond donors (Lipinski definition) is 1. The van der Waals surface area contributed by atoms with E-state index in [-0.39, 0.29) is 11.5 Å². The van der Waals surface area contributed by atoms with Gasteiger partial charge in [0.1, 0.15) is 11.6 Å². The fraction of sp³-hybridized carbons (Fsp3) is 0.412. The van der Waals surface area contributed by atoms with E-state index >= 15 is 0 Å². The zero-order chi connectivity index (χ0) is 31.1. The molecule has 0 spiro atoms. The Morgan fingerprint density at radius 2 is 1.82 bits per heavy atom. The van der Waals surface area contributed by atoms with Crippen molar-refractivity contribution in [3.8, 4) is 11.5 Å². The second kappa shape index (κ2) is 12.2. The lowest BCUT2D eigenvalue weighted by atomic mass is 9.88. The van der Waals surface area contributed by atoms with Crippen LogP contribution in [0.5, 0.6) is 11.5 Å². The van der Waals surface area contributed by atoms with Gasteiger partial charge in [-0.2, -0.15) is 0 Å². The lowest BCUT2D eigenvalue weighted by Gasteiger charge is -2.32. The fourth-order valence-corrected chi connectivity index (χ4v) is 6.94. The Balaban J connectivity index is 1.07. The molecule has 2 saturated heterocycles. The third-order valence-corrected chi connectivity index (χ3v) is 9.48. The van der Waals surface area contributed by atoms with Gasteiger partial charge in [-0.3, -0.25) is 9.80 Å². The largest absolute Gasteiger partial charge is 0.478 e. The van der Waals surface area contributed by atoms with E-state index in [0.29, 0.717) is 28.6 Å². The highest BCUT2D eigenvalue weighted by molar-refractivity contribution is 6.30. The van der Waals surface area contributed by atoms with Gasteiger partial charge in [-0.1, -0.05) is 23.7 Å². The van der Waals surface area contributed by atoms with Gasteiger partial charge in [-0.15, -0.1) is 0 Å². The Bertz CT molecular complexity index is 1730. The molecule has 3 aliphatic heterocycles. The van der Waals surface area contributed by atoms with Crippen LogP contribution in [0.1, 0.15) is 53.0 Å². The average molecular weight is 635 g/mol. The van der Waals surface area contributed by atoms with Crippen molar-refractivity contribution in [3.63, 3.8) is 0 Å². The lowest BCUT2D eigenvalue weighted by molar-refractivity contribution is -0.0712. The molecule has 0 unspecified atom stereocenters. The molecule has 2 fully saturated rings. The van der Waals surface area contributed by atoms with Gasteiger partial charge in [-0.05, 0) is 74.3 Å². The van der Waals surface area contributed by atoms with Crippen LogP contribution in [0, 0.1) is 5.82 Å². The lowest BCUT2D eigenvalue weighted by Crippen LogP contribution is -2.38. The van der Waals surface area contributed by atoms with Gasteiger partial charge in [0, 0.05) is 43.7 Å². The molecule has 45 heavy (non-hydrogen) atoms. The number of ether oxygens (including phenoxy) is 3. The van der Waals surface area contributed by atoms with Crippen LogP contribution in [-0.2, 0) is 23.6 Å². The molecule has 0 aliphatic carbocycles. The van der Waals surface area contributed by atoms with Crippen LogP contribution in [0.15, 0.2) is 54.6 Å². The number of halogens is 2. The average Bonchev–Trinajstić information content (AvgIpc) is 3.57. The smallest absolute Gasteiger partial charge is 0.335 e. The highest BCUT2D eigenvalue weighted by Gasteiger charge is 2.43. The fourth-order valence-electron chi connectivity index (χ4n) is 6.78. The first-order chi connectivity index (χ1) is 21.8. The highest BCUT2D eigenvalue weighted by atomic mass is 35.5. The maximum absolute atomic E-state index is 14.9. The van der Waals surface area contributed by atoms with Gasteiger partial charge < -0.3 is 23.9 Å². The predicted octanol–water partition coefficient (Wildman–Crippen LogP) is 5.88. The number of para-hydroxylation sites is 1. The predicted molar refractivity (Wildman–Crippen MR) is 168 cm³/mol. The summed E-state index contributed by atoms with van der Waals surface area (Å²) >= 11 is 5.98. The van der Waals surface area contributed by atoms with Crippen LogP contribution in [0.3, 0.4) is 0 Å². The molecule has 0 amide bonds. The second-order valence-electron chi connectivity index (χ2n) is 12.1. The van der Waals surface area contributed by atoms with Crippen molar-refractivity contribution in [2.45, 2.75) is 44.6 Å². The molecule has 0 bridgehead atoms. The zero-order valence-corrected chi connectivity index (χ0v) is 25.9. The molecule has 0 saturated carbocycles. The number of benzene rings is 3. The van der Waals surface area contributed by atoms with Gasteiger partial charge in [0.15, 0.2) is 11.5 Å². The minimum Gasteiger partial charge on any atom is -0.478 e. The van der Waals surface area contributed by atoms with Gasteiger partial charge in [0.25, 0.3) is 5.79 Å². The third-order valence-electron chi connectivity index (χ3n) is 9.24. The number of piperidine rings is 1. The standard InChI is InChI=1S/C34H36ClFN4O5/c1-34(26-7-6-24(35)20-27(26)36)44-30-4-2-3-25(32(30)45-34)22-9-11-39(12-10-22)21-31-37-28-8-5-23(33(41)42)19-29(28)40(31)14-13-38-15-17-43-18-16-38/h2-8,19-20,22H,9-18,21H2,1H3,(H,41,42)/t34-/m1/s1. The summed E-state index contributed by atoms with van der Waals surface area (Å²) in [5.74, 6) is -0.208. The van der Waals surface area contributed by atoms with E-state index < -0.39 is 17.6 Å². The molecule has 1 N–H and O–H groups in total. The molecule has 7 rings (SSSR count). The summed E-state index contributed by atoms with van der Waals surface area (Å²) in [4.78, 5) is 21.5. The first-order valence-corrected chi connectivity index (χ1v) is 15.9. The van der Waals surface area contributed by atoms with Crippen molar-refractivity contribution in [1.29, 1.82) is 0 Å². The van der Waals surface area contributed by atoms with E-state index in [1.807, 2.05) is 18.2 Å². The number of nitrogens with zero attached hydrogens (tertiary/aromatic N) is 4. The molecule has 0 radical (unpaired) electrons. The molecule has 4 heterocycles. The number of likely N-dealkylation sites (tertiary alicyclic amines) is 1. The van der Waals surface area contributed by atoms with Crippen LogP contribution >= 0.6 is 11.6 Å². The number of aromatic nitrogens is 2. The zero-order valence-electron chi connectivity index (χ0n) is 25.2. The first-order valence-electron chi connectivity index (χ1n) is 15.5. The van der Waals surface area contributed by atoms with Crippen LogP contribution < -0.4 is 9.47 Å². The number of morpholine rings is 1. The van der Waals surface area contributed by atoms with E-state index in [2.05, 4.69) is 20.4 Å². The molecular weight excluding hydrogens is 599 g/mol. The van der Waals surface area contributed by atoms with E-state index in [9.17, 15) is 14.3 Å². The summed E-state index contributed by atoms with van der Waals surface area (Å²) in [7, 11) is 0. The van der Waals surface area contributed by atoms with Gasteiger partial charge in [0.05, 0.1) is 41.9 Å². The number of hydrogen-bond acceptors (Lipinski definition) is 7. The van der Waals surface area contributed by atoms with Crippen LogP contribution in [0.25, 0.3) is 11.0 Å². The quantitative estimate of drug-likeness (QED) is 0.257. The molecule has 3 aliphatic rings. The van der Waals surface area contributed by atoms with E-state index in [1.54, 1.807) is 31.2 Å². The maximum atomic E-state index is 14.9. The molecule has 11 heteroatoms. The van der Waals surface area contributed by atoms with Crippen molar-refractivity contribution in [3.05, 3.63) is 88.0 Å². The molecule has 3 aromatic carbocycles. The molecule has 4 aromatic rings.